The number of ether oxygens (including phenoxy) is 1. The number of halogens is 2. The summed E-state index contributed by atoms with van der Waals surface area (Å²) in [6, 6.07) is 8.08. The Bertz CT molecular complexity index is 381. The highest BCUT2D eigenvalue weighted by atomic mass is 127. The lowest BCUT2D eigenvalue weighted by atomic mass is 10.2. The number of allylic oxidation sites excluding steroid dienone is 1. The maximum atomic E-state index is 5.65. The molecule has 0 amide bonds. The molecule has 0 atom stereocenters. The standard InChI is InChI=1S/C15H20ClIO3/c1-13(12-16)20-19-11-5-3-2-4-10-18-15-8-6-14(17)7-9-15/h6-9H,1-5,10-12H2. The van der Waals surface area contributed by atoms with Crippen molar-refractivity contribution in [3.8, 4) is 5.75 Å². The molecule has 0 saturated carbocycles. The fourth-order valence-corrected chi connectivity index (χ4v) is 1.89. The lowest BCUT2D eigenvalue weighted by Crippen LogP contribution is -1.99. The van der Waals surface area contributed by atoms with E-state index < -0.39 is 0 Å². The first-order valence-corrected chi connectivity index (χ1v) is 8.25. The second kappa shape index (κ2) is 11.2. The smallest absolute Gasteiger partial charge is 0.150 e. The van der Waals surface area contributed by atoms with Gasteiger partial charge in [0.05, 0.1) is 19.1 Å². The first kappa shape index (κ1) is 17.6. The number of hydrogen-bond acceptors (Lipinski definition) is 3. The van der Waals surface area contributed by atoms with Gasteiger partial charge in [-0.05, 0) is 66.1 Å². The Morgan fingerprint density at radius 1 is 1.05 bits per heavy atom. The summed E-state index contributed by atoms with van der Waals surface area (Å²) in [4.78, 5) is 9.79. The van der Waals surface area contributed by atoms with Gasteiger partial charge in [-0.3, -0.25) is 0 Å². The van der Waals surface area contributed by atoms with E-state index in [-0.39, 0.29) is 5.88 Å². The van der Waals surface area contributed by atoms with Crippen LogP contribution in [-0.2, 0) is 9.78 Å². The Morgan fingerprint density at radius 2 is 1.70 bits per heavy atom. The fraction of sp³-hybridized carbons (Fsp3) is 0.467. The van der Waals surface area contributed by atoms with Gasteiger partial charge >= 0.3 is 0 Å². The monoisotopic (exact) mass is 410 g/mol. The van der Waals surface area contributed by atoms with Crippen molar-refractivity contribution in [3.63, 3.8) is 0 Å². The Hall–Kier alpha value is -0.460. The second-order valence-electron chi connectivity index (χ2n) is 4.29. The van der Waals surface area contributed by atoms with E-state index in [9.17, 15) is 0 Å². The SMILES string of the molecule is C=C(CCl)OOCCCCCCOc1ccc(I)cc1. The summed E-state index contributed by atoms with van der Waals surface area (Å²) in [5.74, 6) is 1.63. The Morgan fingerprint density at radius 3 is 2.35 bits per heavy atom. The van der Waals surface area contributed by atoms with Gasteiger partial charge in [0.25, 0.3) is 0 Å². The van der Waals surface area contributed by atoms with Crippen molar-refractivity contribution in [2.75, 3.05) is 19.1 Å². The molecule has 112 valence electrons. The highest BCUT2D eigenvalue weighted by Gasteiger charge is 1.96. The average molecular weight is 411 g/mol. The minimum Gasteiger partial charge on any atom is -0.494 e. The van der Waals surface area contributed by atoms with Crippen LogP contribution in [0.3, 0.4) is 0 Å². The third kappa shape index (κ3) is 8.66. The topological polar surface area (TPSA) is 27.7 Å². The summed E-state index contributed by atoms with van der Waals surface area (Å²) in [6.07, 6.45) is 4.21. The number of benzene rings is 1. The van der Waals surface area contributed by atoms with Crippen molar-refractivity contribution in [3.05, 3.63) is 40.2 Å². The lowest BCUT2D eigenvalue weighted by molar-refractivity contribution is -0.261. The third-order valence-corrected chi connectivity index (χ3v) is 3.55. The van der Waals surface area contributed by atoms with E-state index in [2.05, 4.69) is 29.2 Å². The van der Waals surface area contributed by atoms with Crippen LogP contribution in [0.4, 0.5) is 0 Å². The van der Waals surface area contributed by atoms with Gasteiger partial charge in [0.2, 0.25) is 0 Å². The molecule has 0 fully saturated rings. The van der Waals surface area contributed by atoms with Crippen LogP contribution in [0.1, 0.15) is 25.7 Å². The molecule has 1 rings (SSSR count). The summed E-state index contributed by atoms with van der Waals surface area (Å²) in [6.45, 7) is 4.88. The number of hydrogen-bond donors (Lipinski definition) is 0. The van der Waals surface area contributed by atoms with Gasteiger partial charge in [0.1, 0.15) is 11.5 Å². The van der Waals surface area contributed by atoms with Gasteiger partial charge in [-0.15, -0.1) is 11.6 Å². The van der Waals surface area contributed by atoms with Gasteiger partial charge in [-0.2, -0.15) is 4.89 Å². The van der Waals surface area contributed by atoms with E-state index in [1.165, 1.54) is 3.57 Å². The molecule has 0 aromatic heterocycles. The van der Waals surface area contributed by atoms with E-state index in [0.29, 0.717) is 12.4 Å². The predicted molar refractivity (Wildman–Crippen MR) is 90.0 cm³/mol. The summed E-state index contributed by atoms with van der Waals surface area (Å²) in [5, 5.41) is 0. The second-order valence-corrected chi connectivity index (χ2v) is 5.81. The first-order chi connectivity index (χ1) is 9.72. The van der Waals surface area contributed by atoms with Gasteiger partial charge < -0.3 is 9.62 Å². The molecular formula is C15H20ClIO3. The predicted octanol–water partition coefficient (Wildman–Crippen LogP) is 4.93. The Kier molecular flexibility index (Phi) is 9.87. The molecule has 20 heavy (non-hydrogen) atoms. The van der Waals surface area contributed by atoms with E-state index in [1.54, 1.807) is 0 Å². The molecule has 1 aromatic carbocycles. The maximum absolute atomic E-state index is 5.65. The zero-order valence-electron chi connectivity index (χ0n) is 11.4. The van der Waals surface area contributed by atoms with Crippen molar-refractivity contribution in [1.29, 1.82) is 0 Å². The summed E-state index contributed by atoms with van der Waals surface area (Å²) >= 11 is 7.77. The van der Waals surface area contributed by atoms with Gasteiger partial charge in [-0.25, -0.2) is 0 Å². The molecule has 0 aliphatic rings. The molecule has 3 nitrogen and oxygen atoms in total. The van der Waals surface area contributed by atoms with E-state index in [0.717, 1.165) is 38.0 Å². The van der Waals surface area contributed by atoms with Crippen molar-refractivity contribution >= 4 is 34.2 Å². The van der Waals surface area contributed by atoms with E-state index in [4.69, 9.17) is 26.1 Å². The van der Waals surface area contributed by atoms with Crippen LogP contribution in [0, 0.1) is 3.57 Å². The Balaban J connectivity index is 1.90. The Labute approximate surface area is 139 Å². The van der Waals surface area contributed by atoms with Crippen LogP contribution >= 0.6 is 34.2 Å². The quantitative estimate of drug-likeness (QED) is 0.129. The number of rotatable bonds is 11. The minimum absolute atomic E-state index is 0.260. The van der Waals surface area contributed by atoms with Crippen LogP contribution in [-0.4, -0.2) is 19.1 Å². The zero-order chi connectivity index (χ0) is 14.6. The van der Waals surface area contributed by atoms with Crippen LogP contribution in [0.2, 0.25) is 0 Å². The molecule has 0 heterocycles. The normalized spacial score (nSPS) is 10.3. The summed E-state index contributed by atoms with van der Waals surface area (Å²) in [5.41, 5.74) is 0. The van der Waals surface area contributed by atoms with Crippen LogP contribution in [0.15, 0.2) is 36.6 Å². The van der Waals surface area contributed by atoms with Crippen LogP contribution < -0.4 is 4.74 Å². The molecule has 0 aliphatic carbocycles. The third-order valence-electron chi connectivity index (χ3n) is 2.53. The van der Waals surface area contributed by atoms with Gasteiger partial charge in [0.15, 0.2) is 0 Å². The lowest BCUT2D eigenvalue weighted by Gasteiger charge is -2.07. The average Bonchev–Trinajstić information content (AvgIpc) is 2.47. The summed E-state index contributed by atoms with van der Waals surface area (Å²) < 4.78 is 6.87. The van der Waals surface area contributed by atoms with Crippen molar-refractivity contribution < 1.29 is 14.5 Å². The van der Waals surface area contributed by atoms with Crippen LogP contribution in [0.5, 0.6) is 5.75 Å². The highest BCUT2D eigenvalue weighted by Crippen LogP contribution is 2.14. The van der Waals surface area contributed by atoms with Gasteiger partial charge in [-0.1, -0.05) is 13.0 Å². The molecule has 0 radical (unpaired) electrons. The summed E-state index contributed by atoms with van der Waals surface area (Å²) in [7, 11) is 0. The minimum atomic E-state index is 0.260. The molecular weight excluding hydrogens is 391 g/mol. The zero-order valence-corrected chi connectivity index (χ0v) is 14.4. The number of alkyl halides is 1. The maximum Gasteiger partial charge on any atom is 0.150 e. The first-order valence-electron chi connectivity index (χ1n) is 6.64. The molecule has 0 N–H and O–H groups in total. The van der Waals surface area contributed by atoms with Crippen molar-refractivity contribution in [2.24, 2.45) is 0 Å². The molecule has 1 aromatic rings. The molecule has 0 unspecified atom stereocenters. The highest BCUT2D eigenvalue weighted by molar-refractivity contribution is 14.1. The van der Waals surface area contributed by atoms with Crippen molar-refractivity contribution in [1.82, 2.24) is 0 Å². The largest absolute Gasteiger partial charge is 0.494 e. The molecule has 0 saturated heterocycles. The van der Waals surface area contributed by atoms with E-state index >= 15 is 0 Å². The van der Waals surface area contributed by atoms with Gasteiger partial charge in [0, 0.05) is 3.57 Å². The van der Waals surface area contributed by atoms with Crippen LogP contribution in [0.25, 0.3) is 0 Å². The van der Waals surface area contributed by atoms with Crippen molar-refractivity contribution in [2.45, 2.75) is 25.7 Å². The number of unbranched alkanes of at least 4 members (excludes halogenated alkanes) is 3. The molecule has 5 heteroatoms. The molecule has 0 bridgehead atoms. The molecule has 0 spiro atoms. The molecule has 0 aliphatic heterocycles. The fourth-order valence-electron chi connectivity index (χ4n) is 1.48. The van der Waals surface area contributed by atoms with E-state index in [1.807, 2.05) is 24.3 Å².